The molecule has 1 amide bonds. The first kappa shape index (κ1) is 18.8. The molecule has 0 saturated heterocycles. The molecule has 3 rings (SSSR count). The van der Waals surface area contributed by atoms with Crippen molar-refractivity contribution in [3.63, 3.8) is 0 Å². The van der Waals surface area contributed by atoms with Crippen LogP contribution in [0.2, 0.25) is 5.02 Å². The second-order valence-electron chi connectivity index (χ2n) is 5.47. The number of amides is 1. The van der Waals surface area contributed by atoms with Gasteiger partial charge in [0.15, 0.2) is 5.82 Å². The van der Waals surface area contributed by atoms with E-state index in [1.54, 1.807) is 30.3 Å². The Morgan fingerprint density at radius 1 is 1.22 bits per heavy atom. The van der Waals surface area contributed by atoms with Crippen LogP contribution in [0.25, 0.3) is 5.82 Å². The van der Waals surface area contributed by atoms with Gasteiger partial charge in [0.2, 0.25) is 0 Å². The molecule has 0 atom stereocenters. The lowest BCUT2D eigenvalue weighted by Gasteiger charge is -2.13. The summed E-state index contributed by atoms with van der Waals surface area (Å²) in [6.45, 7) is 0. The Kier molecular flexibility index (Phi) is 5.09. The lowest BCUT2D eigenvalue weighted by atomic mass is 10.2. The number of ether oxygens (including phenoxy) is 1. The first-order valence-corrected chi connectivity index (χ1v) is 8.03. The van der Waals surface area contributed by atoms with E-state index in [-0.39, 0.29) is 16.5 Å². The number of carbonyl (C=O) groups excluding carboxylic acids is 1. The molecule has 0 unspecified atom stereocenters. The van der Waals surface area contributed by atoms with Crippen molar-refractivity contribution >= 4 is 23.2 Å². The molecule has 0 spiro atoms. The maximum atomic E-state index is 12.8. The fraction of sp³-hybridized carbons (Fsp3) is 0.111. The van der Waals surface area contributed by atoms with Crippen molar-refractivity contribution in [2.24, 2.45) is 0 Å². The molecule has 1 N–H and O–H groups in total. The summed E-state index contributed by atoms with van der Waals surface area (Å²) >= 11 is 5.97. The standard InChI is InChI=1S/C18H13ClF3N3O2/c1-27-13-6-4-12(5-7-13)24-17(26)15-3-2-8-25(15)16-14(19)9-11(10-23-16)18(20,21)22/h2-10H,1H3,(H,24,26). The molecule has 5 nitrogen and oxygen atoms in total. The van der Waals surface area contributed by atoms with E-state index >= 15 is 0 Å². The molecule has 0 saturated carbocycles. The molecule has 0 fully saturated rings. The zero-order chi connectivity index (χ0) is 19.6. The van der Waals surface area contributed by atoms with Gasteiger partial charge in [0.1, 0.15) is 11.4 Å². The van der Waals surface area contributed by atoms with E-state index < -0.39 is 17.6 Å². The van der Waals surface area contributed by atoms with E-state index in [1.165, 1.54) is 23.9 Å². The van der Waals surface area contributed by atoms with E-state index in [0.29, 0.717) is 17.6 Å². The number of nitrogens with one attached hydrogen (secondary N) is 1. The molecule has 3 aromatic rings. The smallest absolute Gasteiger partial charge is 0.417 e. The number of anilines is 1. The van der Waals surface area contributed by atoms with Crippen LogP contribution in [0.5, 0.6) is 5.75 Å². The van der Waals surface area contributed by atoms with E-state index in [0.717, 1.165) is 6.07 Å². The molecule has 2 heterocycles. The predicted octanol–water partition coefficient (Wildman–Crippen LogP) is 4.81. The fourth-order valence-electron chi connectivity index (χ4n) is 2.38. The van der Waals surface area contributed by atoms with Gasteiger partial charge in [-0.1, -0.05) is 11.6 Å². The highest BCUT2D eigenvalue weighted by molar-refractivity contribution is 6.32. The zero-order valence-corrected chi connectivity index (χ0v) is 14.7. The highest BCUT2D eigenvalue weighted by Gasteiger charge is 2.32. The van der Waals surface area contributed by atoms with Gasteiger partial charge >= 0.3 is 6.18 Å². The lowest BCUT2D eigenvalue weighted by molar-refractivity contribution is -0.137. The average molecular weight is 396 g/mol. The third kappa shape index (κ3) is 4.06. The number of benzene rings is 1. The normalized spacial score (nSPS) is 11.3. The molecular formula is C18H13ClF3N3O2. The largest absolute Gasteiger partial charge is 0.497 e. The van der Waals surface area contributed by atoms with Crippen LogP contribution < -0.4 is 10.1 Å². The number of halogens is 4. The van der Waals surface area contributed by atoms with Crippen molar-refractivity contribution in [2.45, 2.75) is 6.18 Å². The van der Waals surface area contributed by atoms with Crippen LogP contribution >= 0.6 is 11.6 Å². The predicted molar refractivity (Wildman–Crippen MR) is 94.5 cm³/mol. The van der Waals surface area contributed by atoms with Gasteiger partial charge in [-0.2, -0.15) is 13.2 Å². The Morgan fingerprint density at radius 3 is 2.52 bits per heavy atom. The Morgan fingerprint density at radius 2 is 1.93 bits per heavy atom. The van der Waals surface area contributed by atoms with E-state index in [1.807, 2.05) is 0 Å². The minimum atomic E-state index is -4.56. The van der Waals surface area contributed by atoms with Crippen molar-refractivity contribution in [3.05, 3.63) is 71.1 Å². The molecule has 1 aromatic carbocycles. The number of nitrogens with zero attached hydrogens (tertiary/aromatic N) is 2. The highest BCUT2D eigenvalue weighted by atomic mass is 35.5. The summed E-state index contributed by atoms with van der Waals surface area (Å²) in [7, 11) is 1.53. The fourth-order valence-corrected chi connectivity index (χ4v) is 2.64. The van der Waals surface area contributed by atoms with Crippen LogP contribution in [0, 0.1) is 0 Å². The number of rotatable bonds is 4. The van der Waals surface area contributed by atoms with Crippen molar-refractivity contribution in [1.82, 2.24) is 9.55 Å². The number of carbonyl (C=O) groups is 1. The van der Waals surface area contributed by atoms with Gasteiger partial charge in [-0.15, -0.1) is 0 Å². The molecule has 2 aromatic heterocycles. The van der Waals surface area contributed by atoms with Gasteiger partial charge in [-0.3, -0.25) is 9.36 Å². The minimum absolute atomic E-state index is 0.0227. The van der Waals surface area contributed by atoms with E-state index in [9.17, 15) is 18.0 Å². The number of methoxy groups -OCH3 is 1. The van der Waals surface area contributed by atoms with Crippen LogP contribution in [0.15, 0.2) is 54.9 Å². The van der Waals surface area contributed by atoms with Crippen LogP contribution in [0.3, 0.4) is 0 Å². The van der Waals surface area contributed by atoms with Crippen LogP contribution in [-0.4, -0.2) is 22.6 Å². The van der Waals surface area contributed by atoms with Gasteiger partial charge in [0.25, 0.3) is 5.91 Å². The monoisotopic (exact) mass is 395 g/mol. The topological polar surface area (TPSA) is 56.1 Å². The second-order valence-corrected chi connectivity index (χ2v) is 5.88. The molecule has 27 heavy (non-hydrogen) atoms. The quantitative estimate of drug-likeness (QED) is 0.690. The van der Waals surface area contributed by atoms with Crippen molar-refractivity contribution in [1.29, 1.82) is 0 Å². The number of pyridine rings is 1. The van der Waals surface area contributed by atoms with Gasteiger partial charge in [-0.25, -0.2) is 4.98 Å². The first-order valence-electron chi connectivity index (χ1n) is 7.65. The van der Waals surface area contributed by atoms with Crippen LogP contribution in [0.1, 0.15) is 16.1 Å². The SMILES string of the molecule is COc1ccc(NC(=O)c2cccn2-c2ncc(C(F)(F)F)cc2Cl)cc1. The number of hydrogen-bond donors (Lipinski definition) is 1. The number of hydrogen-bond acceptors (Lipinski definition) is 3. The number of alkyl halides is 3. The highest BCUT2D eigenvalue weighted by Crippen LogP contribution is 2.32. The van der Waals surface area contributed by atoms with Crippen LogP contribution in [0.4, 0.5) is 18.9 Å². The summed E-state index contributed by atoms with van der Waals surface area (Å²) < 4.78 is 44.7. The summed E-state index contributed by atoms with van der Waals surface area (Å²) in [6.07, 6.45) is -2.39. The van der Waals surface area contributed by atoms with E-state index in [4.69, 9.17) is 16.3 Å². The summed E-state index contributed by atoms with van der Waals surface area (Å²) in [4.78, 5) is 16.3. The summed E-state index contributed by atoms with van der Waals surface area (Å²) in [5, 5.41) is 2.47. The Balaban J connectivity index is 1.88. The van der Waals surface area contributed by atoms with Crippen molar-refractivity contribution in [2.75, 3.05) is 12.4 Å². The Bertz CT molecular complexity index is 969. The molecule has 0 aliphatic rings. The van der Waals surface area contributed by atoms with E-state index in [2.05, 4.69) is 10.3 Å². The minimum Gasteiger partial charge on any atom is -0.497 e. The van der Waals surface area contributed by atoms with Gasteiger partial charge in [0, 0.05) is 18.1 Å². The molecule has 0 bridgehead atoms. The lowest BCUT2D eigenvalue weighted by Crippen LogP contribution is -2.17. The Labute approximate surface area is 157 Å². The van der Waals surface area contributed by atoms with Gasteiger partial charge in [-0.05, 0) is 42.5 Å². The molecule has 9 heteroatoms. The van der Waals surface area contributed by atoms with Crippen molar-refractivity contribution < 1.29 is 22.7 Å². The molecule has 0 aliphatic carbocycles. The van der Waals surface area contributed by atoms with Gasteiger partial charge in [0.05, 0.1) is 17.7 Å². The zero-order valence-electron chi connectivity index (χ0n) is 13.9. The molecular weight excluding hydrogens is 383 g/mol. The van der Waals surface area contributed by atoms with Gasteiger partial charge < -0.3 is 10.1 Å². The summed E-state index contributed by atoms with van der Waals surface area (Å²) in [6, 6.07) is 10.5. The van der Waals surface area contributed by atoms with Crippen LogP contribution in [-0.2, 0) is 6.18 Å². The summed E-state index contributed by atoms with van der Waals surface area (Å²) in [5.41, 5.74) is -0.271. The second kappa shape index (κ2) is 7.32. The third-order valence-corrected chi connectivity index (χ3v) is 3.98. The molecule has 0 aliphatic heterocycles. The third-order valence-electron chi connectivity index (χ3n) is 3.71. The number of aromatic nitrogens is 2. The maximum Gasteiger partial charge on any atom is 0.417 e. The van der Waals surface area contributed by atoms with Crippen molar-refractivity contribution in [3.8, 4) is 11.6 Å². The molecule has 0 radical (unpaired) electrons. The molecule has 140 valence electrons. The Hall–Kier alpha value is -3.00. The average Bonchev–Trinajstić information content (AvgIpc) is 3.11. The summed E-state index contributed by atoms with van der Waals surface area (Å²) in [5.74, 6) is 0.189. The maximum absolute atomic E-state index is 12.8. The first-order chi connectivity index (χ1) is 12.8.